The topological polar surface area (TPSA) is 72.5 Å². The first kappa shape index (κ1) is 18.1. The Labute approximate surface area is 119 Å². The van der Waals surface area contributed by atoms with E-state index in [2.05, 4.69) is 18.2 Å². The summed E-state index contributed by atoms with van der Waals surface area (Å²) in [7, 11) is -3.37. The largest absolute Gasteiger partial charge is 0.461 e. The Kier molecular flexibility index (Phi) is 7.33. The molecule has 5 nitrogen and oxygen atoms in total. The minimum absolute atomic E-state index is 0.126. The molecule has 0 spiro atoms. The second kappa shape index (κ2) is 7.67. The second-order valence-electron chi connectivity index (χ2n) is 4.37. The molecule has 0 fully saturated rings. The van der Waals surface area contributed by atoms with Crippen LogP contribution in [0.15, 0.2) is 24.8 Å². The Bertz CT molecular complexity index is 443. The second-order valence-corrected chi connectivity index (χ2v) is 6.62. The van der Waals surface area contributed by atoms with Gasteiger partial charge in [-0.25, -0.2) is 8.42 Å². The Balaban J connectivity index is 4.36. The van der Waals surface area contributed by atoms with Crippen molar-refractivity contribution in [2.45, 2.75) is 18.8 Å². The van der Waals surface area contributed by atoms with E-state index < -0.39 is 26.9 Å². The van der Waals surface area contributed by atoms with E-state index >= 15 is 0 Å². The normalized spacial score (nSPS) is 14.3. The predicted molar refractivity (Wildman–Crippen MR) is 76.0 cm³/mol. The zero-order chi connectivity index (χ0) is 15.1. The van der Waals surface area contributed by atoms with Crippen molar-refractivity contribution in [2.24, 2.45) is 5.41 Å². The molecule has 0 aliphatic rings. The third-order valence-electron chi connectivity index (χ3n) is 2.03. The predicted octanol–water partition coefficient (Wildman–Crippen LogP) is 1.62. The first-order chi connectivity index (χ1) is 8.58. The van der Waals surface area contributed by atoms with Crippen molar-refractivity contribution >= 4 is 27.6 Å². The number of carbonyl (C=O) groups is 1. The van der Waals surface area contributed by atoms with E-state index in [1.165, 1.54) is 12.2 Å². The summed E-state index contributed by atoms with van der Waals surface area (Å²) >= 11 is 5.73. The summed E-state index contributed by atoms with van der Waals surface area (Å²) in [6.45, 7) is 8.94. The average molecular weight is 309 g/mol. The molecule has 0 aliphatic carbocycles. The minimum Gasteiger partial charge on any atom is -0.461 e. The van der Waals surface area contributed by atoms with E-state index in [9.17, 15) is 13.2 Å². The fraction of sp³-hybridized carbons (Fsp3) is 0.500. The maximum absolute atomic E-state index is 11.6. The van der Waals surface area contributed by atoms with Gasteiger partial charge in [0.25, 0.3) is 0 Å². The highest BCUT2D eigenvalue weighted by atomic mass is 35.5. The average Bonchev–Trinajstić information content (AvgIpc) is 2.22. The molecular formula is C12H19ClNO4S. The maximum atomic E-state index is 11.6. The number of carbonyl (C=O) groups excluding carboxylic acids is 1. The van der Waals surface area contributed by atoms with Crippen molar-refractivity contribution in [3.05, 3.63) is 31.7 Å². The van der Waals surface area contributed by atoms with E-state index in [0.29, 0.717) is 0 Å². The summed E-state index contributed by atoms with van der Waals surface area (Å²) in [6.07, 6.45) is 5.77. The number of rotatable bonds is 8. The Morgan fingerprint density at radius 2 is 2.16 bits per heavy atom. The molecule has 7 heteroatoms. The number of allylic oxidation sites excluding steroid dienone is 1. The fourth-order valence-electron chi connectivity index (χ4n) is 1.08. The van der Waals surface area contributed by atoms with Gasteiger partial charge in [-0.1, -0.05) is 24.8 Å². The lowest BCUT2D eigenvalue weighted by molar-refractivity contribution is -0.150. The first-order valence-electron chi connectivity index (χ1n) is 5.50. The number of hydrogen-bond donors (Lipinski definition) is 1. The standard InChI is InChI=1S/C12H19ClNO4S/c1-5-9-18-11(15)12(2,3)8-6-7-10(13)14-19(4,16)17/h5-7,10,14H,1-2,8-9H2,3-4H3. The molecule has 0 saturated carbocycles. The van der Waals surface area contributed by atoms with Crippen molar-refractivity contribution in [2.75, 3.05) is 12.9 Å². The van der Waals surface area contributed by atoms with Crippen LogP contribution in [0, 0.1) is 12.3 Å². The van der Waals surface area contributed by atoms with Crippen LogP contribution >= 0.6 is 11.6 Å². The smallest absolute Gasteiger partial charge is 0.312 e. The highest BCUT2D eigenvalue weighted by Crippen LogP contribution is 2.22. The quantitative estimate of drug-likeness (QED) is 0.320. The van der Waals surface area contributed by atoms with Crippen LogP contribution in [-0.4, -0.2) is 32.8 Å². The molecule has 19 heavy (non-hydrogen) atoms. The third-order valence-corrected chi connectivity index (χ3v) is 3.09. The third kappa shape index (κ3) is 8.80. The molecule has 0 amide bonds. The molecular weight excluding hydrogens is 290 g/mol. The van der Waals surface area contributed by atoms with E-state index in [1.807, 2.05) is 0 Å². The molecule has 2 unspecified atom stereocenters. The first-order valence-corrected chi connectivity index (χ1v) is 7.83. The van der Waals surface area contributed by atoms with Crippen LogP contribution in [0.3, 0.4) is 0 Å². The summed E-state index contributed by atoms with van der Waals surface area (Å²) in [5.74, 6) is -0.459. The monoisotopic (exact) mass is 308 g/mol. The van der Waals surface area contributed by atoms with E-state index in [0.717, 1.165) is 6.26 Å². The van der Waals surface area contributed by atoms with Crippen molar-refractivity contribution in [3.8, 4) is 0 Å². The van der Waals surface area contributed by atoms with Gasteiger partial charge >= 0.3 is 5.97 Å². The van der Waals surface area contributed by atoms with Crippen LogP contribution in [0.25, 0.3) is 0 Å². The summed E-state index contributed by atoms with van der Waals surface area (Å²) in [5.41, 5.74) is -1.82. The van der Waals surface area contributed by atoms with Gasteiger partial charge in [0.05, 0.1) is 11.7 Å². The zero-order valence-corrected chi connectivity index (χ0v) is 12.6. The maximum Gasteiger partial charge on any atom is 0.312 e. The highest BCUT2D eigenvalue weighted by molar-refractivity contribution is 7.88. The lowest BCUT2D eigenvalue weighted by Gasteiger charge is -2.20. The molecule has 2 atom stereocenters. The van der Waals surface area contributed by atoms with E-state index in [1.54, 1.807) is 13.0 Å². The van der Waals surface area contributed by atoms with Crippen molar-refractivity contribution in [3.63, 3.8) is 0 Å². The van der Waals surface area contributed by atoms with Crippen molar-refractivity contribution < 1.29 is 17.9 Å². The van der Waals surface area contributed by atoms with E-state index in [-0.39, 0.29) is 13.0 Å². The molecule has 1 radical (unpaired) electrons. The van der Waals surface area contributed by atoms with Crippen LogP contribution in [0.1, 0.15) is 13.3 Å². The fourth-order valence-corrected chi connectivity index (χ4v) is 2.16. The number of hydrogen-bond acceptors (Lipinski definition) is 4. The molecule has 0 aromatic heterocycles. The van der Waals surface area contributed by atoms with Gasteiger partial charge in [-0.05, 0) is 20.3 Å². The number of nitrogens with one attached hydrogen (secondary N) is 1. The minimum atomic E-state index is -3.37. The van der Waals surface area contributed by atoms with Crippen LogP contribution in [0.5, 0.6) is 0 Å². The molecule has 0 rings (SSSR count). The lowest BCUT2D eigenvalue weighted by Crippen LogP contribution is -2.29. The lowest BCUT2D eigenvalue weighted by atomic mass is 9.89. The van der Waals surface area contributed by atoms with Gasteiger partial charge < -0.3 is 4.74 Å². The van der Waals surface area contributed by atoms with E-state index in [4.69, 9.17) is 16.3 Å². The number of ether oxygens (including phenoxy) is 1. The molecule has 0 saturated heterocycles. The SMILES string of the molecule is [CH2]C(C)(CC=CC(Cl)NS(C)(=O)=O)C(=O)OCC=C. The van der Waals surface area contributed by atoms with Crippen LogP contribution < -0.4 is 4.72 Å². The summed E-state index contributed by atoms with van der Waals surface area (Å²) in [5, 5.41) is 0. The molecule has 109 valence electrons. The van der Waals surface area contributed by atoms with Crippen LogP contribution in [-0.2, 0) is 19.6 Å². The molecule has 1 N–H and O–H groups in total. The highest BCUT2D eigenvalue weighted by Gasteiger charge is 2.27. The van der Waals surface area contributed by atoms with Gasteiger partial charge in [-0.2, -0.15) is 4.72 Å². The van der Waals surface area contributed by atoms with Crippen molar-refractivity contribution in [1.29, 1.82) is 0 Å². The zero-order valence-electron chi connectivity index (χ0n) is 11.1. The molecule has 0 bridgehead atoms. The van der Waals surface area contributed by atoms with Gasteiger partial charge in [0.1, 0.15) is 12.1 Å². The molecule has 0 aromatic rings. The Morgan fingerprint density at radius 3 is 2.63 bits per heavy atom. The van der Waals surface area contributed by atoms with Crippen LogP contribution in [0.2, 0.25) is 0 Å². The number of esters is 1. The summed E-state index contributed by atoms with van der Waals surface area (Å²) in [4.78, 5) is 11.6. The van der Waals surface area contributed by atoms with Gasteiger partial charge in [-0.15, -0.1) is 11.6 Å². The molecule has 0 heterocycles. The summed E-state index contributed by atoms with van der Waals surface area (Å²) < 4.78 is 28.9. The van der Waals surface area contributed by atoms with Gasteiger partial charge in [0.15, 0.2) is 0 Å². The summed E-state index contributed by atoms with van der Waals surface area (Å²) in [6, 6.07) is 0. The van der Waals surface area contributed by atoms with Gasteiger partial charge in [-0.3, -0.25) is 4.79 Å². The molecule has 0 aliphatic heterocycles. The van der Waals surface area contributed by atoms with Gasteiger partial charge in [0, 0.05) is 0 Å². The molecule has 0 aromatic carbocycles. The number of alkyl halides is 1. The van der Waals surface area contributed by atoms with Crippen LogP contribution in [0.4, 0.5) is 0 Å². The van der Waals surface area contributed by atoms with Crippen molar-refractivity contribution in [1.82, 2.24) is 4.72 Å². The Morgan fingerprint density at radius 1 is 1.58 bits per heavy atom. The van der Waals surface area contributed by atoms with Gasteiger partial charge in [0.2, 0.25) is 10.0 Å². The number of sulfonamides is 1. The number of halogens is 1. The Hall–Kier alpha value is -0.850.